The van der Waals surface area contributed by atoms with Gasteiger partial charge in [0.2, 0.25) is 0 Å². The van der Waals surface area contributed by atoms with Gasteiger partial charge in [-0.25, -0.2) is 0 Å². The highest BCUT2D eigenvalue weighted by molar-refractivity contribution is 5.77. The van der Waals surface area contributed by atoms with Crippen molar-refractivity contribution >= 4 is 5.97 Å². The summed E-state index contributed by atoms with van der Waals surface area (Å²) in [5, 5.41) is 3.27. The standard InChI is InChI=1S/C13H27NO2/c1-9(2)14-10(12(3,4)5)11(15)16-13(6,7)8/h9-10,14H,1-8H3/t10-/m1/s1. The van der Waals surface area contributed by atoms with Crippen LogP contribution in [0.1, 0.15) is 55.4 Å². The van der Waals surface area contributed by atoms with Gasteiger partial charge in [-0.05, 0) is 26.2 Å². The largest absolute Gasteiger partial charge is 0.459 e. The van der Waals surface area contributed by atoms with Crippen LogP contribution in [0.3, 0.4) is 0 Å². The van der Waals surface area contributed by atoms with Gasteiger partial charge in [-0.1, -0.05) is 34.6 Å². The fourth-order valence-corrected chi connectivity index (χ4v) is 1.37. The predicted octanol–water partition coefficient (Wildman–Crippen LogP) is 2.74. The van der Waals surface area contributed by atoms with E-state index in [2.05, 4.69) is 5.32 Å². The first-order valence-corrected chi connectivity index (χ1v) is 5.92. The second kappa shape index (κ2) is 5.17. The Morgan fingerprint density at radius 3 is 1.75 bits per heavy atom. The molecule has 3 nitrogen and oxygen atoms in total. The fraction of sp³-hybridized carbons (Fsp3) is 0.923. The van der Waals surface area contributed by atoms with Crippen LogP contribution >= 0.6 is 0 Å². The summed E-state index contributed by atoms with van der Waals surface area (Å²) in [6, 6.07) is -0.0107. The van der Waals surface area contributed by atoms with Crippen molar-refractivity contribution < 1.29 is 9.53 Å². The number of ether oxygens (including phenoxy) is 1. The number of hydrogen-bond acceptors (Lipinski definition) is 3. The molecule has 0 amide bonds. The topological polar surface area (TPSA) is 38.3 Å². The predicted molar refractivity (Wildman–Crippen MR) is 67.4 cm³/mol. The summed E-state index contributed by atoms with van der Waals surface area (Å²) in [6.45, 7) is 15.8. The van der Waals surface area contributed by atoms with Gasteiger partial charge >= 0.3 is 5.97 Å². The van der Waals surface area contributed by atoms with Crippen LogP contribution in [0.2, 0.25) is 0 Å². The average molecular weight is 229 g/mol. The fourth-order valence-electron chi connectivity index (χ4n) is 1.37. The van der Waals surface area contributed by atoms with Crippen LogP contribution in [0, 0.1) is 5.41 Å². The highest BCUT2D eigenvalue weighted by Gasteiger charge is 2.34. The van der Waals surface area contributed by atoms with Gasteiger partial charge < -0.3 is 10.1 Å². The lowest BCUT2D eigenvalue weighted by Crippen LogP contribution is -2.51. The van der Waals surface area contributed by atoms with Crippen molar-refractivity contribution in [3.8, 4) is 0 Å². The van der Waals surface area contributed by atoms with Crippen LogP contribution in [0.15, 0.2) is 0 Å². The smallest absolute Gasteiger partial charge is 0.324 e. The number of esters is 1. The Bertz CT molecular complexity index is 233. The molecule has 0 unspecified atom stereocenters. The van der Waals surface area contributed by atoms with E-state index in [1.54, 1.807) is 0 Å². The molecule has 0 aromatic rings. The molecule has 0 aromatic heterocycles. The van der Waals surface area contributed by atoms with Crippen LogP contribution < -0.4 is 5.32 Å². The van der Waals surface area contributed by atoms with Gasteiger partial charge in [-0.3, -0.25) is 4.79 Å². The van der Waals surface area contributed by atoms with Crippen LogP contribution in [0.4, 0.5) is 0 Å². The van der Waals surface area contributed by atoms with Gasteiger partial charge in [-0.15, -0.1) is 0 Å². The number of rotatable bonds is 3. The van der Waals surface area contributed by atoms with Gasteiger partial charge in [0.25, 0.3) is 0 Å². The SMILES string of the molecule is CC(C)N[C@H](C(=O)OC(C)(C)C)C(C)(C)C. The minimum atomic E-state index is -0.431. The summed E-state index contributed by atoms with van der Waals surface area (Å²) in [4.78, 5) is 12.1. The van der Waals surface area contributed by atoms with Gasteiger partial charge in [0.15, 0.2) is 0 Å². The molecule has 1 atom stereocenters. The van der Waals surface area contributed by atoms with Gasteiger partial charge in [0, 0.05) is 6.04 Å². The Hall–Kier alpha value is -0.570. The molecule has 0 aliphatic heterocycles. The van der Waals surface area contributed by atoms with Crippen LogP contribution in [0.25, 0.3) is 0 Å². The molecule has 16 heavy (non-hydrogen) atoms. The molecule has 0 rings (SSSR count). The van der Waals surface area contributed by atoms with E-state index in [0.29, 0.717) is 0 Å². The number of carbonyl (C=O) groups is 1. The molecule has 3 heteroatoms. The van der Waals surface area contributed by atoms with Crippen LogP contribution in [-0.2, 0) is 9.53 Å². The van der Waals surface area contributed by atoms with Crippen molar-refractivity contribution in [2.75, 3.05) is 0 Å². The molecule has 1 N–H and O–H groups in total. The van der Waals surface area contributed by atoms with E-state index in [0.717, 1.165) is 0 Å². The molecule has 96 valence electrons. The van der Waals surface area contributed by atoms with Crippen LogP contribution in [-0.4, -0.2) is 23.7 Å². The van der Waals surface area contributed by atoms with E-state index in [-0.39, 0.29) is 23.5 Å². The summed E-state index contributed by atoms with van der Waals surface area (Å²) >= 11 is 0. The van der Waals surface area contributed by atoms with E-state index >= 15 is 0 Å². The number of hydrogen-bond donors (Lipinski definition) is 1. The second-order valence-corrected chi connectivity index (χ2v) is 6.65. The molecule has 0 aliphatic rings. The van der Waals surface area contributed by atoms with Gasteiger partial charge in [-0.2, -0.15) is 0 Å². The third-order valence-electron chi connectivity index (χ3n) is 2.01. The first kappa shape index (κ1) is 15.4. The van der Waals surface area contributed by atoms with E-state index in [1.807, 2.05) is 55.4 Å². The minimum Gasteiger partial charge on any atom is -0.459 e. The zero-order valence-corrected chi connectivity index (χ0v) is 12.0. The molecule has 0 bridgehead atoms. The third kappa shape index (κ3) is 6.11. The minimum absolute atomic E-state index is 0.146. The molecule has 0 spiro atoms. The van der Waals surface area contributed by atoms with Crippen molar-refractivity contribution in [1.82, 2.24) is 5.32 Å². The zero-order valence-electron chi connectivity index (χ0n) is 12.0. The Kier molecular flexibility index (Phi) is 4.99. The van der Waals surface area contributed by atoms with E-state index < -0.39 is 5.60 Å². The monoisotopic (exact) mass is 229 g/mol. The number of nitrogens with one attached hydrogen (secondary N) is 1. The number of carbonyl (C=O) groups excluding carboxylic acids is 1. The molecule has 0 saturated carbocycles. The summed E-state index contributed by atoms with van der Waals surface area (Å²) in [7, 11) is 0. The molecule has 0 saturated heterocycles. The average Bonchev–Trinajstić information content (AvgIpc) is 1.93. The highest BCUT2D eigenvalue weighted by Crippen LogP contribution is 2.22. The van der Waals surface area contributed by atoms with Gasteiger partial charge in [0.05, 0.1) is 0 Å². The normalized spacial score (nSPS) is 15.1. The maximum Gasteiger partial charge on any atom is 0.324 e. The Labute approximate surface area is 99.9 Å². The lowest BCUT2D eigenvalue weighted by molar-refractivity contribution is -0.160. The second-order valence-electron chi connectivity index (χ2n) is 6.65. The quantitative estimate of drug-likeness (QED) is 0.756. The van der Waals surface area contributed by atoms with Crippen molar-refractivity contribution in [3.63, 3.8) is 0 Å². The molecule has 0 heterocycles. The molecular formula is C13H27NO2. The first-order valence-electron chi connectivity index (χ1n) is 5.92. The lowest BCUT2D eigenvalue weighted by Gasteiger charge is -2.33. The Morgan fingerprint density at radius 1 is 1.06 bits per heavy atom. The third-order valence-corrected chi connectivity index (χ3v) is 2.01. The summed E-state index contributed by atoms with van der Waals surface area (Å²) in [6.07, 6.45) is 0. The summed E-state index contributed by atoms with van der Waals surface area (Å²) in [5.41, 5.74) is -0.578. The first-order chi connectivity index (χ1) is 6.93. The maximum atomic E-state index is 12.1. The van der Waals surface area contributed by atoms with E-state index in [9.17, 15) is 4.79 Å². The van der Waals surface area contributed by atoms with Crippen molar-refractivity contribution in [3.05, 3.63) is 0 Å². The maximum absolute atomic E-state index is 12.1. The molecule has 0 radical (unpaired) electrons. The molecule has 0 fully saturated rings. The summed E-state index contributed by atoms with van der Waals surface area (Å²) < 4.78 is 5.43. The molecule has 0 aliphatic carbocycles. The van der Waals surface area contributed by atoms with Crippen molar-refractivity contribution in [2.45, 2.75) is 73.1 Å². The zero-order chi connectivity index (χ0) is 13.1. The van der Waals surface area contributed by atoms with Crippen LogP contribution in [0.5, 0.6) is 0 Å². The molecular weight excluding hydrogens is 202 g/mol. The Balaban J connectivity index is 4.71. The molecule has 0 aromatic carbocycles. The van der Waals surface area contributed by atoms with E-state index in [4.69, 9.17) is 4.74 Å². The lowest BCUT2D eigenvalue weighted by atomic mass is 9.86. The van der Waals surface area contributed by atoms with E-state index in [1.165, 1.54) is 0 Å². The Morgan fingerprint density at radius 2 is 1.50 bits per heavy atom. The van der Waals surface area contributed by atoms with Gasteiger partial charge in [0.1, 0.15) is 11.6 Å². The van der Waals surface area contributed by atoms with Crippen molar-refractivity contribution in [1.29, 1.82) is 0 Å². The highest BCUT2D eigenvalue weighted by atomic mass is 16.6. The summed E-state index contributed by atoms with van der Waals surface area (Å²) in [5.74, 6) is -0.172. The van der Waals surface area contributed by atoms with Crippen molar-refractivity contribution in [2.24, 2.45) is 5.41 Å².